The third-order valence-electron chi connectivity index (χ3n) is 5.13. The van der Waals surface area contributed by atoms with Gasteiger partial charge in [-0.15, -0.1) is 11.3 Å². The summed E-state index contributed by atoms with van der Waals surface area (Å²) in [5.74, 6) is 0. The third-order valence-corrected chi connectivity index (χ3v) is 6.03. The number of methoxy groups -OCH3 is 1. The van der Waals surface area contributed by atoms with Crippen molar-refractivity contribution >= 4 is 27.9 Å². The minimum absolute atomic E-state index is 0.0155. The molecule has 4 rings (SSSR count). The largest absolute Gasteiger partial charge is 0.383 e. The smallest absolute Gasteiger partial charge is 0.261 e. The quantitative estimate of drug-likeness (QED) is 0.633. The molecule has 0 saturated carbocycles. The monoisotopic (exact) mass is 399 g/mol. The lowest BCUT2D eigenvalue weighted by molar-refractivity contribution is 0.186. The number of rotatable bonds is 6. The minimum atomic E-state index is -0.0155. The average molecular weight is 400 g/mol. The molecular weight excluding hydrogens is 374 g/mol. The van der Waals surface area contributed by atoms with E-state index in [0.29, 0.717) is 18.5 Å². The highest BCUT2D eigenvalue weighted by molar-refractivity contribution is 7.11. The standard InChI is InChI=1S/C20H25N5O2S/c1-15-21-12-17(28-15)13-23-5-7-24(8-6-23)16-3-4-18-19(11-16)22-14-25(20(18)26)9-10-27-2/h3-4,11-12,14H,5-10,13H2,1-2H3. The normalized spacial score (nSPS) is 15.4. The Hall–Kier alpha value is -2.29. The van der Waals surface area contributed by atoms with Crippen LogP contribution < -0.4 is 10.5 Å². The molecule has 148 valence electrons. The molecule has 1 aromatic carbocycles. The maximum Gasteiger partial charge on any atom is 0.261 e. The zero-order valence-electron chi connectivity index (χ0n) is 16.3. The van der Waals surface area contributed by atoms with Gasteiger partial charge in [-0.1, -0.05) is 0 Å². The molecule has 0 unspecified atom stereocenters. The van der Waals surface area contributed by atoms with Crippen molar-refractivity contribution in [2.45, 2.75) is 20.0 Å². The van der Waals surface area contributed by atoms with Crippen molar-refractivity contribution in [3.05, 3.63) is 51.0 Å². The summed E-state index contributed by atoms with van der Waals surface area (Å²) in [4.78, 5) is 27.6. The summed E-state index contributed by atoms with van der Waals surface area (Å²) in [7, 11) is 1.63. The molecule has 1 aliphatic heterocycles. The number of thiazole rings is 1. The van der Waals surface area contributed by atoms with Gasteiger partial charge in [0.05, 0.1) is 35.4 Å². The molecule has 2 aromatic heterocycles. The summed E-state index contributed by atoms with van der Waals surface area (Å²) in [6.45, 7) is 7.99. The Kier molecular flexibility index (Phi) is 5.70. The van der Waals surface area contributed by atoms with Crippen LogP contribution in [0.3, 0.4) is 0 Å². The first kappa shape index (κ1) is 19.0. The van der Waals surface area contributed by atoms with Gasteiger partial charge in [-0.05, 0) is 25.1 Å². The van der Waals surface area contributed by atoms with Gasteiger partial charge < -0.3 is 9.64 Å². The Morgan fingerprint density at radius 2 is 2.00 bits per heavy atom. The Morgan fingerprint density at radius 3 is 2.71 bits per heavy atom. The number of hydrogen-bond acceptors (Lipinski definition) is 7. The molecule has 8 heteroatoms. The lowest BCUT2D eigenvalue weighted by Crippen LogP contribution is -2.45. The molecule has 3 heterocycles. The van der Waals surface area contributed by atoms with E-state index in [2.05, 4.69) is 19.8 Å². The summed E-state index contributed by atoms with van der Waals surface area (Å²) in [5.41, 5.74) is 1.86. The van der Waals surface area contributed by atoms with Crippen LogP contribution in [0.25, 0.3) is 10.9 Å². The van der Waals surface area contributed by atoms with Crippen LogP contribution in [-0.2, 0) is 17.8 Å². The maximum atomic E-state index is 12.6. The van der Waals surface area contributed by atoms with Crippen LogP contribution in [0, 0.1) is 6.92 Å². The molecule has 0 aliphatic carbocycles. The number of fused-ring (bicyclic) bond motifs is 1. The van der Waals surface area contributed by atoms with Gasteiger partial charge in [-0.3, -0.25) is 14.3 Å². The third kappa shape index (κ3) is 4.09. The van der Waals surface area contributed by atoms with E-state index < -0.39 is 0 Å². The summed E-state index contributed by atoms with van der Waals surface area (Å²) < 4.78 is 6.66. The van der Waals surface area contributed by atoms with E-state index in [-0.39, 0.29) is 5.56 Å². The number of anilines is 1. The second-order valence-electron chi connectivity index (χ2n) is 7.05. The summed E-state index contributed by atoms with van der Waals surface area (Å²) in [6.07, 6.45) is 3.60. The number of benzene rings is 1. The van der Waals surface area contributed by atoms with E-state index in [1.807, 2.05) is 31.3 Å². The van der Waals surface area contributed by atoms with Crippen molar-refractivity contribution in [2.24, 2.45) is 0 Å². The van der Waals surface area contributed by atoms with Crippen molar-refractivity contribution < 1.29 is 4.74 Å². The molecule has 0 radical (unpaired) electrons. The molecule has 0 atom stereocenters. The molecule has 1 saturated heterocycles. The van der Waals surface area contributed by atoms with Crippen LogP contribution >= 0.6 is 11.3 Å². The van der Waals surface area contributed by atoms with Gasteiger partial charge in [-0.2, -0.15) is 0 Å². The maximum absolute atomic E-state index is 12.6. The summed E-state index contributed by atoms with van der Waals surface area (Å²) in [5, 5.41) is 1.78. The predicted molar refractivity (Wildman–Crippen MR) is 112 cm³/mol. The molecule has 28 heavy (non-hydrogen) atoms. The van der Waals surface area contributed by atoms with Crippen LogP contribution in [0.4, 0.5) is 5.69 Å². The first-order valence-corrected chi connectivity index (χ1v) is 10.3. The van der Waals surface area contributed by atoms with Gasteiger partial charge >= 0.3 is 0 Å². The molecule has 0 bridgehead atoms. The fourth-order valence-corrected chi connectivity index (χ4v) is 4.39. The van der Waals surface area contributed by atoms with Crippen LogP contribution in [0.1, 0.15) is 9.88 Å². The molecule has 0 spiro atoms. The van der Waals surface area contributed by atoms with E-state index in [4.69, 9.17) is 4.74 Å². The van der Waals surface area contributed by atoms with E-state index in [0.717, 1.165) is 48.9 Å². The van der Waals surface area contributed by atoms with Gasteiger partial charge in [0.25, 0.3) is 5.56 Å². The van der Waals surface area contributed by atoms with Gasteiger partial charge in [0, 0.05) is 56.6 Å². The highest BCUT2D eigenvalue weighted by atomic mass is 32.1. The van der Waals surface area contributed by atoms with Crippen molar-refractivity contribution in [1.82, 2.24) is 19.4 Å². The number of aryl methyl sites for hydroxylation is 1. The fraction of sp³-hybridized carbons (Fsp3) is 0.450. The molecule has 1 aliphatic rings. The van der Waals surface area contributed by atoms with Crippen molar-refractivity contribution in [2.75, 3.05) is 44.8 Å². The van der Waals surface area contributed by atoms with Crippen LogP contribution in [0.2, 0.25) is 0 Å². The second-order valence-corrected chi connectivity index (χ2v) is 8.37. The Balaban J connectivity index is 1.44. The van der Waals surface area contributed by atoms with E-state index >= 15 is 0 Å². The Bertz CT molecular complexity index is 1010. The molecular formula is C20H25N5O2S. The average Bonchev–Trinajstić information content (AvgIpc) is 3.12. The number of hydrogen-bond donors (Lipinski definition) is 0. The zero-order valence-corrected chi connectivity index (χ0v) is 17.1. The molecule has 0 amide bonds. The Morgan fingerprint density at radius 1 is 1.18 bits per heavy atom. The van der Waals surface area contributed by atoms with E-state index in [9.17, 15) is 4.79 Å². The summed E-state index contributed by atoms with van der Waals surface area (Å²) in [6, 6.07) is 5.96. The first-order valence-electron chi connectivity index (χ1n) is 9.51. The predicted octanol–water partition coefficient (Wildman–Crippen LogP) is 2.13. The van der Waals surface area contributed by atoms with E-state index in [1.165, 1.54) is 4.88 Å². The van der Waals surface area contributed by atoms with Gasteiger partial charge in [0.2, 0.25) is 0 Å². The fourth-order valence-electron chi connectivity index (χ4n) is 3.56. The number of piperazine rings is 1. The highest BCUT2D eigenvalue weighted by Gasteiger charge is 2.18. The molecule has 3 aromatic rings. The van der Waals surface area contributed by atoms with Crippen molar-refractivity contribution in [1.29, 1.82) is 0 Å². The van der Waals surface area contributed by atoms with Gasteiger partial charge in [-0.25, -0.2) is 9.97 Å². The molecule has 7 nitrogen and oxygen atoms in total. The number of ether oxygens (including phenoxy) is 1. The van der Waals surface area contributed by atoms with Crippen LogP contribution in [0.15, 0.2) is 35.5 Å². The number of nitrogens with zero attached hydrogens (tertiary/aromatic N) is 5. The second kappa shape index (κ2) is 8.38. The van der Waals surface area contributed by atoms with Crippen LogP contribution in [-0.4, -0.2) is 59.3 Å². The lowest BCUT2D eigenvalue weighted by atomic mass is 10.2. The van der Waals surface area contributed by atoms with Gasteiger partial charge in [0.1, 0.15) is 0 Å². The van der Waals surface area contributed by atoms with Crippen molar-refractivity contribution in [3.8, 4) is 0 Å². The number of aromatic nitrogens is 3. The van der Waals surface area contributed by atoms with Crippen LogP contribution in [0.5, 0.6) is 0 Å². The lowest BCUT2D eigenvalue weighted by Gasteiger charge is -2.35. The van der Waals surface area contributed by atoms with E-state index in [1.54, 1.807) is 29.3 Å². The molecule has 1 fully saturated rings. The van der Waals surface area contributed by atoms with Gasteiger partial charge in [0.15, 0.2) is 0 Å². The SMILES string of the molecule is COCCn1cnc2cc(N3CCN(Cc4cnc(C)s4)CC3)ccc2c1=O. The summed E-state index contributed by atoms with van der Waals surface area (Å²) >= 11 is 1.77. The Labute approximate surface area is 168 Å². The minimum Gasteiger partial charge on any atom is -0.383 e. The molecule has 0 N–H and O–H groups in total. The topological polar surface area (TPSA) is 63.5 Å². The first-order chi connectivity index (χ1) is 13.6. The van der Waals surface area contributed by atoms with Crippen molar-refractivity contribution in [3.63, 3.8) is 0 Å². The highest BCUT2D eigenvalue weighted by Crippen LogP contribution is 2.22. The zero-order chi connectivity index (χ0) is 19.5.